The third-order valence-corrected chi connectivity index (χ3v) is 1.62. The molecule has 0 unspecified atom stereocenters. The SMILES string of the molecule is C[C@@H](N)c1cc(F)c(F)c(F)c1F. The second kappa shape index (κ2) is 3.33. The van der Waals surface area contributed by atoms with Gasteiger partial charge in [-0.3, -0.25) is 0 Å². The summed E-state index contributed by atoms with van der Waals surface area (Å²) in [6, 6.07) is -0.331. The Bertz CT molecular complexity index is 335. The summed E-state index contributed by atoms with van der Waals surface area (Å²) in [6.07, 6.45) is 0. The van der Waals surface area contributed by atoms with Crippen LogP contribution >= 0.6 is 0 Å². The fraction of sp³-hybridized carbons (Fsp3) is 0.250. The van der Waals surface area contributed by atoms with Gasteiger partial charge in [-0.1, -0.05) is 0 Å². The van der Waals surface area contributed by atoms with E-state index in [4.69, 9.17) is 5.73 Å². The largest absolute Gasteiger partial charge is 0.324 e. The zero-order valence-corrected chi connectivity index (χ0v) is 6.74. The summed E-state index contributed by atoms with van der Waals surface area (Å²) in [4.78, 5) is 0. The van der Waals surface area contributed by atoms with Gasteiger partial charge in [-0.05, 0) is 13.0 Å². The lowest BCUT2D eigenvalue weighted by atomic mass is 10.1. The van der Waals surface area contributed by atoms with Crippen LogP contribution in [-0.2, 0) is 0 Å². The zero-order chi connectivity index (χ0) is 10.2. The Morgan fingerprint density at radius 1 is 1.08 bits per heavy atom. The van der Waals surface area contributed by atoms with E-state index in [1.165, 1.54) is 6.92 Å². The molecule has 5 heteroatoms. The van der Waals surface area contributed by atoms with E-state index in [1.807, 2.05) is 0 Å². The number of halogens is 4. The van der Waals surface area contributed by atoms with E-state index >= 15 is 0 Å². The van der Waals surface area contributed by atoms with Crippen molar-refractivity contribution in [3.8, 4) is 0 Å². The van der Waals surface area contributed by atoms with Crippen LogP contribution in [0.4, 0.5) is 17.6 Å². The molecule has 1 atom stereocenters. The second-order valence-corrected chi connectivity index (χ2v) is 2.68. The van der Waals surface area contributed by atoms with Gasteiger partial charge in [0.1, 0.15) is 0 Å². The molecule has 1 nitrogen and oxygen atoms in total. The van der Waals surface area contributed by atoms with Gasteiger partial charge in [0.05, 0.1) is 0 Å². The molecule has 0 aliphatic heterocycles. The number of hydrogen-bond acceptors (Lipinski definition) is 1. The monoisotopic (exact) mass is 193 g/mol. The highest BCUT2D eigenvalue weighted by Gasteiger charge is 2.20. The molecule has 1 aromatic carbocycles. The molecule has 1 aromatic rings. The Hall–Kier alpha value is -1.10. The van der Waals surface area contributed by atoms with Crippen molar-refractivity contribution in [3.05, 3.63) is 34.9 Å². The van der Waals surface area contributed by atoms with Crippen LogP contribution in [0.15, 0.2) is 6.07 Å². The molecule has 0 fully saturated rings. The molecule has 0 spiro atoms. The van der Waals surface area contributed by atoms with Crippen LogP contribution in [-0.4, -0.2) is 0 Å². The van der Waals surface area contributed by atoms with Gasteiger partial charge >= 0.3 is 0 Å². The summed E-state index contributed by atoms with van der Waals surface area (Å²) in [5, 5.41) is 0. The van der Waals surface area contributed by atoms with Gasteiger partial charge < -0.3 is 5.73 Å². The normalized spacial score (nSPS) is 13.1. The Balaban J connectivity index is 3.41. The summed E-state index contributed by atoms with van der Waals surface area (Å²) in [5.41, 5.74) is 4.83. The molecule has 0 saturated carbocycles. The topological polar surface area (TPSA) is 26.0 Å². The lowest BCUT2D eigenvalue weighted by Gasteiger charge is -2.08. The fourth-order valence-electron chi connectivity index (χ4n) is 0.922. The maximum atomic E-state index is 12.8. The number of rotatable bonds is 1. The Morgan fingerprint density at radius 3 is 2.08 bits per heavy atom. The highest BCUT2D eigenvalue weighted by Crippen LogP contribution is 2.22. The number of hydrogen-bond donors (Lipinski definition) is 1. The molecule has 0 aliphatic rings. The minimum absolute atomic E-state index is 0.378. The van der Waals surface area contributed by atoms with Crippen LogP contribution in [0.1, 0.15) is 18.5 Å². The average Bonchev–Trinajstić information content (AvgIpc) is 2.07. The molecule has 0 bridgehead atoms. The second-order valence-electron chi connectivity index (χ2n) is 2.68. The van der Waals surface area contributed by atoms with Crippen molar-refractivity contribution >= 4 is 0 Å². The van der Waals surface area contributed by atoms with Gasteiger partial charge in [0, 0.05) is 11.6 Å². The van der Waals surface area contributed by atoms with Crippen molar-refractivity contribution in [2.75, 3.05) is 0 Å². The van der Waals surface area contributed by atoms with E-state index in [0.717, 1.165) is 0 Å². The highest BCUT2D eigenvalue weighted by atomic mass is 19.2. The lowest BCUT2D eigenvalue weighted by molar-refractivity contribution is 0.401. The zero-order valence-electron chi connectivity index (χ0n) is 6.74. The minimum Gasteiger partial charge on any atom is -0.324 e. The van der Waals surface area contributed by atoms with Crippen molar-refractivity contribution in [1.29, 1.82) is 0 Å². The Morgan fingerprint density at radius 2 is 1.62 bits per heavy atom. The smallest absolute Gasteiger partial charge is 0.197 e. The summed E-state index contributed by atoms with van der Waals surface area (Å²) < 4.78 is 50.3. The molecule has 0 aromatic heterocycles. The van der Waals surface area contributed by atoms with Crippen LogP contribution in [0.5, 0.6) is 0 Å². The highest BCUT2D eigenvalue weighted by molar-refractivity contribution is 5.24. The van der Waals surface area contributed by atoms with Crippen molar-refractivity contribution in [1.82, 2.24) is 0 Å². The molecule has 0 radical (unpaired) electrons. The van der Waals surface area contributed by atoms with Crippen LogP contribution in [0.3, 0.4) is 0 Å². The van der Waals surface area contributed by atoms with Crippen LogP contribution in [0.2, 0.25) is 0 Å². The third-order valence-electron chi connectivity index (χ3n) is 1.62. The maximum absolute atomic E-state index is 12.8. The van der Waals surface area contributed by atoms with Gasteiger partial charge in [-0.15, -0.1) is 0 Å². The van der Waals surface area contributed by atoms with Crippen LogP contribution < -0.4 is 5.73 Å². The van der Waals surface area contributed by atoms with E-state index in [0.29, 0.717) is 6.07 Å². The quantitative estimate of drug-likeness (QED) is 0.413. The van der Waals surface area contributed by atoms with E-state index < -0.39 is 29.3 Å². The van der Waals surface area contributed by atoms with Crippen molar-refractivity contribution in [2.24, 2.45) is 5.73 Å². The van der Waals surface area contributed by atoms with Crippen molar-refractivity contribution in [2.45, 2.75) is 13.0 Å². The van der Waals surface area contributed by atoms with Crippen LogP contribution in [0, 0.1) is 23.3 Å². The number of nitrogens with two attached hydrogens (primary N) is 1. The summed E-state index contributed by atoms with van der Waals surface area (Å²) >= 11 is 0. The summed E-state index contributed by atoms with van der Waals surface area (Å²) in [5.74, 6) is -6.52. The standard InChI is InChI=1S/C8H7F4N/c1-3(13)4-2-5(9)7(11)8(12)6(4)10/h2-3H,13H2,1H3/t3-/m1/s1. The molecule has 0 aliphatic carbocycles. The molecular formula is C8H7F4N. The lowest BCUT2D eigenvalue weighted by Crippen LogP contribution is -2.11. The van der Waals surface area contributed by atoms with E-state index in [1.54, 1.807) is 0 Å². The third kappa shape index (κ3) is 1.65. The van der Waals surface area contributed by atoms with Gasteiger partial charge in [-0.25, -0.2) is 17.6 Å². The molecule has 2 N–H and O–H groups in total. The summed E-state index contributed by atoms with van der Waals surface area (Å²) in [6.45, 7) is 1.34. The molecule has 0 amide bonds. The van der Waals surface area contributed by atoms with E-state index in [9.17, 15) is 17.6 Å². The predicted octanol–water partition coefficient (Wildman–Crippen LogP) is 2.26. The molecule has 1 rings (SSSR count). The predicted molar refractivity (Wildman–Crippen MR) is 38.9 cm³/mol. The molecule has 0 saturated heterocycles. The summed E-state index contributed by atoms with van der Waals surface area (Å²) in [7, 11) is 0. The maximum Gasteiger partial charge on any atom is 0.197 e. The first-order chi connectivity index (χ1) is 5.95. The molecular weight excluding hydrogens is 186 g/mol. The van der Waals surface area contributed by atoms with Gasteiger partial charge in [0.15, 0.2) is 23.3 Å². The minimum atomic E-state index is -1.83. The molecule has 0 heterocycles. The van der Waals surface area contributed by atoms with E-state index in [-0.39, 0.29) is 5.56 Å². The van der Waals surface area contributed by atoms with Gasteiger partial charge in [-0.2, -0.15) is 0 Å². The average molecular weight is 193 g/mol. The molecule has 13 heavy (non-hydrogen) atoms. The Kier molecular flexibility index (Phi) is 2.56. The number of benzene rings is 1. The fourth-order valence-corrected chi connectivity index (χ4v) is 0.922. The first kappa shape index (κ1) is 9.98. The van der Waals surface area contributed by atoms with Crippen molar-refractivity contribution < 1.29 is 17.6 Å². The van der Waals surface area contributed by atoms with Gasteiger partial charge in [0.25, 0.3) is 0 Å². The first-order valence-corrected chi connectivity index (χ1v) is 3.53. The van der Waals surface area contributed by atoms with Crippen LogP contribution in [0.25, 0.3) is 0 Å². The Labute approximate surface area is 72.2 Å². The first-order valence-electron chi connectivity index (χ1n) is 3.53. The van der Waals surface area contributed by atoms with Gasteiger partial charge in [0.2, 0.25) is 0 Å². The van der Waals surface area contributed by atoms with E-state index in [2.05, 4.69) is 0 Å². The molecule has 72 valence electrons. The van der Waals surface area contributed by atoms with Crippen molar-refractivity contribution in [3.63, 3.8) is 0 Å².